The SMILES string of the molecule is COCCN1CC(C(=O)NCc2ccc(C(N)=O)cc2)CC1=O. The van der Waals surface area contributed by atoms with E-state index in [-0.39, 0.29) is 24.2 Å². The fourth-order valence-corrected chi connectivity index (χ4v) is 2.49. The zero-order valence-electron chi connectivity index (χ0n) is 13.1. The fraction of sp³-hybridized carbons (Fsp3) is 0.438. The van der Waals surface area contributed by atoms with Gasteiger partial charge < -0.3 is 20.7 Å². The number of likely N-dealkylation sites (tertiary alicyclic amines) is 1. The van der Waals surface area contributed by atoms with E-state index < -0.39 is 5.91 Å². The summed E-state index contributed by atoms with van der Waals surface area (Å²) in [5.41, 5.74) is 6.47. The molecule has 0 bridgehead atoms. The Morgan fingerprint density at radius 2 is 2.04 bits per heavy atom. The van der Waals surface area contributed by atoms with Crippen LogP contribution in [0.3, 0.4) is 0 Å². The van der Waals surface area contributed by atoms with Crippen LogP contribution in [0.2, 0.25) is 0 Å². The van der Waals surface area contributed by atoms with Gasteiger partial charge in [0.2, 0.25) is 17.7 Å². The van der Waals surface area contributed by atoms with Crippen LogP contribution in [0.1, 0.15) is 22.3 Å². The van der Waals surface area contributed by atoms with Crippen molar-refractivity contribution in [2.24, 2.45) is 11.7 Å². The van der Waals surface area contributed by atoms with Gasteiger partial charge in [-0.15, -0.1) is 0 Å². The minimum absolute atomic E-state index is 0.0204. The molecule has 23 heavy (non-hydrogen) atoms. The average Bonchev–Trinajstić information content (AvgIpc) is 2.92. The quantitative estimate of drug-likeness (QED) is 0.732. The van der Waals surface area contributed by atoms with Gasteiger partial charge >= 0.3 is 0 Å². The van der Waals surface area contributed by atoms with Crippen LogP contribution in [-0.4, -0.2) is 49.4 Å². The van der Waals surface area contributed by atoms with Crippen molar-refractivity contribution in [1.82, 2.24) is 10.2 Å². The molecule has 1 fully saturated rings. The summed E-state index contributed by atoms with van der Waals surface area (Å²) in [6.45, 7) is 1.75. The Morgan fingerprint density at radius 1 is 1.35 bits per heavy atom. The molecule has 7 heteroatoms. The highest BCUT2D eigenvalue weighted by molar-refractivity contribution is 5.92. The summed E-state index contributed by atoms with van der Waals surface area (Å²) >= 11 is 0. The van der Waals surface area contributed by atoms with E-state index in [0.29, 0.717) is 31.8 Å². The first-order chi connectivity index (χ1) is 11.0. The summed E-state index contributed by atoms with van der Waals surface area (Å²) in [5.74, 6) is -0.976. The molecule has 2 rings (SSSR count). The topological polar surface area (TPSA) is 102 Å². The van der Waals surface area contributed by atoms with Gasteiger partial charge in [-0.2, -0.15) is 0 Å². The summed E-state index contributed by atoms with van der Waals surface area (Å²) in [5, 5.41) is 2.82. The molecule has 124 valence electrons. The maximum absolute atomic E-state index is 12.2. The van der Waals surface area contributed by atoms with E-state index in [9.17, 15) is 14.4 Å². The van der Waals surface area contributed by atoms with Gasteiger partial charge in [-0.05, 0) is 17.7 Å². The molecule has 1 heterocycles. The molecule has 3 N–H and O–H groups in total. The van der Waals surface area contributed by atoms with Crippen molar-refractivity contribution < 1.29 is 19.1 Å². The molecule has 1 unspecified atom stereocenters. The minimum atomic E-state index is -0.485. The van der Waals surface area contributed by atoms with Crippen molar-refractivity contribution in [1.29, 1.82) is 0 Å². The second kappa shape index (κ2) is 7.73. The maximum atomic E-state index is 12.2. The lowest BCUT2D eigenvalue weighted by atomic mass is 10.1. The van der Waals surface area contributed by atoms with E-state index in [1.165, 1.54) is 0 Å². The van der Waals surface area contributed by atoms with Gasteiger partial charge in [0, 0.05) is 38.7 Å². The number of nitrogens with zero attached hydrogens (tertiary/aromatic N) is 1. The third-order valence-electron chi connectivity index (χ3n) is 3.86. The molecule has 0 spiro atoms. The molecule has 1 aromatic rings. The number of nitrogens with two attached hydrogens (primary N) is 1. The molecular formula is C16H21N3O4. The van der Waals surface area contributed by atoms with Crippen molar-refractivity contribution in [2.45, 2.75) is 13.0 Å². The number of ether oxygens (including phenoxy) is 1. The van der Waals surface area contributed by atoms with Crippen LogP contribution in [0.4, 0.5) is 0 Å². The summed E-state index contributed by atoms with van der Waals surface area (Å²) in [7, 11) is 1.58. The smallest absolute Gasteiger partial charge is 0.248 e. The Balaban J connectivity index is 1.83. The number of hydrogen-bond acceptors (Lipinski definition) is 4. The van der Waals surface area contributed by atoms with Gasteiger partial charge in [0.1, 0.15) is 0 Å². The van der Waals surface area contributed by atoms with E-state index >= 15 is 0 Å². The van der Waals surface area contributed by atoms with Crippen molar-refractivity contribution in [3.8, 4) is 0 Å². The van der Waals surface area contributed by atoms with Crippen molar-refractivity contribution in [3.05, 3.63) is 35.4 Å². The molecule has 1 aromatic carbocycles. The Hall–Kier alpha value is -2.41. The third kappa shape index (κ3) is 4.53. The molecule has 1 saturated heterocycles. The van der Waals surface area contributed by atoms with E-state index in [1.807, 2.05) is 0 Å². The van der Waals surface area contributed by atoms with Gasteiger partial charge in [0.15, 0.2) is 0 Å². The van der Waals surface area contributed by atoms with Crippen LogP contribution in [0.5, 0.6) is 0 Å². The molecule has 1 aliphatic rings. The second-order valence-corrected chi connectivity index (χ2v) is 5.51. The monoisotopic (exact) mass is 319 g/mol. The lowest BCUT2D eigenvalue weighted by Gasteiger charge is -2.15. The number of hydrogen-bond donors (Lipinski definition) is 2. The Bertz CT molecular complexity index is 585. The lowest BCUT2D eigenvalue weighted by molar-refractivity contribution is -0.129. The molecule has 1 atom stereocenters. The molecule has 0 radical (unpaired) electrons. The lowest BCUT2D eigenvalue weighted by Crippen LogP contribution is -2.33. The number of rotatable bonds is 7. The largest absolute Gasteiger partial charge is 0.383 e. The van der Waals surface area contributed by atoms with Crippen LogP contribution in [-0.2, 0) is 20.9 Å². The van der Waals surface area contributed by atoms with Gasteiger partial charge in [-0.25, -0.2) is 0 Å². The van der Waals surface area contributed by atoms with Crippen LogP contribution in [0.15, 0.2) is 24.3 Å². The molecular weight excluding hydrogens is 298 g/mol. The molecule has 7 nitrogen and oxygen atoms in total. The first kappa shape index (κ1) is 17.0. The summed E-state index contributed by atoms with van der Waals surface area (Å²) in [4.78, 5) is 36.6. The maximum Gasteiger partial charge on any atom is 0.248 e. The first-order valence-corrected chi connectivity index (χ1v) is 7.44. The number of primary amides is 1. The van der Waals surface area contributed by atoms with E-state index in [1.54, 1.807) is 36.3 Å². The Morgan fingerprint density at radius 3 is 2.65 bits per heavy atom. The molecule has 3 amide bonds. The van der Waals surface area contributed by atoms with Crippen LogP contribution in [0, 0.1) is 5.92 Å². The number of methoxy groups -OCH3 is 1. The highest BCUT2D eigenvalue weighted by Gasteiger charge is 2.33. The second-order valence-electron chi connectivity index (χ2n) is 5.51. The minimum Gasteiger partial charge on any atom is -0.383 e. The fourth-order valence-electron chi connectivity index (χ4n) is 2.49. The number of amides is 3. The summed E-state index contributed by atoms with van der Waals surface area (Å²) < 4.78 is 4.95. The van der Waals surface area contributed by atoms with Gasteiger partial charge in [0.05, 0.1) is 12.5 Å². The molecule has 0 aliphatic carbocycles. The van der Waals surface area contributed by atoms with Crippen LogP contribution in [0.25, 0.3) is 0 Å². The zero-order valence-corrected chi connectivity index (χ0v) is 13.1. The standard InChI is InChI=1S/C16H21N3O4/c1-23-7-6-19-10-13(8-14(19)20)16(22)18-9-11-2-4-12(5-3-11)15(17)21/h2-5,13H,6-10H2,1H3,(H2,17,21)(H,18,22). The molecule has 0 saturated carbocycles. The van der Waals surface area contributed by atoms with E-state index in [2.05, 4.69) is 5.32 Å². The van der Waals surface area contributed by atoms with Crippen molar-refractivity contribution >= 4 is 17.7 Å². The van der Waals surface area contributed by atoms with Gasteiger partial charge in [-0.3, -0.25) is 14.4 Å². The molecule has 1 aliphatic heterocycles. The van der Waals surface area contributed by atoms with Crippen LogP contribution < -0.4 is 11.1 Å². The van der Waals surface area contributed by atoms with Crippen molar-refractivity contribution in [2.75, 3.05) is 26.8 Å². The van der Waals surface area contributed by atoms with Gasteiger partial charge in [0.25, 0.3) is 0 Å². The number of carbonyl (C=O) groups is 3. The predicted molar refractivity (Wildman–Crippen MR) is 83.4 cm³/mol. The van der Waals surface area contributed by atoms with Gasteiger partial charge in [-0.1, -0.05) is 12.1 Å². The summed E-state index contributed by atoms with van der Waals surface area (Å²) in [6.07, 6.45) is 0.232. The normalized spacial score (nSPS) is 17.3. The van der Waals surface area contributed by atoms with E-state index in [4.69, 9.17) is 10.5 Å². The number of carbonyl (C=O) groups excluding carboxylic acids is 3. The first-order valence-electron chi connectivity index (χ1n) is 7.44. The molecule has 0 aromatic heterocycles. The predicted octanol–water partition coefficient (Wildman–Crippen LogP) is -0.103. The number of nitrogens with one attached hydrogen (secondary N) is 1. The van der Waals surface area contributed by atoms with Crippen LogP contribution >= 0.6 is 0 Å². The highest BCUT2D eigenvalue weighted by atomic mass is 16.5. The zero-order chi connectivity index (χ0) is 16.8. The van der Waals surface area contributed by atoms with E-state index in [0.717, 1.165) is 5.56 Å². The third-order valence-corrected chi connectivity index (χ3v) is 3.86. The highest BCUT2D eigenvalue weighted by Crippen LogP contribution is 2.17. The Kier molecular flexibility index (Phi) is 5.70. The Labute approximate surface area is 134 Å². The summed E-state index contributed by atoms with van der Waals surface area (Å²) in [6, 6.07) is 6.72. The average molecular weight is 319 g/mol. The van der Waals surface area contributed by atoms with Crippen molar-refractivity contribution in [3.63, 3.8) is 0 Å². The number of benzene rings is 1.